The van der Waals surface area contributed by atoms with Gasteiger partial charge < -0.3 is 24.2 Å². The van der Waals surface area contributed by atoms with Crippen LogP contribution in [-0.2, 0) is 16.1 Å². The standard InChI is InChI=1S/C22H35N3O5/c1-18(26)25-10-8-23(9-11-25)16-22(27)6-7-24(17-22)15-19-4-5-20(29-3)21(14-19)30-13-12-28-2/h4-5,14,27H,6-13,15-17H2,1-3H3. The van der Waals surface area contributed by atoms with Gasteiger partial charge in [0.25, 0.3) is 0 Å². The van der Waals surface area contributed by atoms with Gasteiger partial charge in [0, 0.05) is 66.4 Å². The van der Waals surface area contributed by atoms with Gasteiger partial charge in [-0.1, -0.05) is 6.07 Å². The number of methoxy groups -OCH3 is 2. The van der Waals surface area contributed by atoms with Gasteiger partial charge >= 0.3 is 0 Å². The van der Waals surface area contributed by atoms with Crippen molar-refractivity contribution in [2.45, 2.75) is 25.5 Å². The second-order valence-electron chi connectivity index (χ2n) is 8.29. The highest BCUT2D eigenvalue weighted by Crippen LogP contribution is 2.30. The molecule has 1 atom stereocenters. The Hall–Kier alpha value is -1.87. The minimum Gasteiger partial charge on any atom is -0.493 e. The van der Waals surface area contributed by atoms with Crippen molar-refractivity contribution >= 4 is 5.91 Å². The Morgan fingerprint density at radius 3 is 2.50 bits per heavy atom. The number of β-amino-alcohol motifs (C(OH)–C–C–N with tert-alkyl or cyclic N) is 1. The number of hydrogen-bond donors (Lipinski definition) is 1. The zero-order valence-corrected chi connectivity index (χ0v) is 18.4. The summed E-state index contributed by atoms with van der Waals surface area (Å²) in [6, 6.07) is 5.97. The molecule has 0 spiro atoms. The minimum absolute atomic E-state index is 0.130. The number of benzene rings is 1. The van der Waals surface area contributed by atoms with Gasteiger partial charge in [0.15, 0.2) is 11.5 Å². The maximum atomic E-state index is 11.5. The summed E-state index contributed by atoms with van der Waals surface area (Å²) in [6.07, 6.45) is 0.757. The predicted molar refractivity (Wildman–Crippen MR) is 114 cm³/mol. The molecule has 0 aliphatic carbocycles. The molecule has 1 aromatic rings. The summed E-state index contributed by atoms with van der Waals surface area (Å²) in [5.41, 5.74) is 0.422. The first-order valence-corrected chi connectivity index (χ1v) is 10.6. The van der Waals surface area contributed by atoms with E-state index in [-0.39, 0.29) is 5.91 Å². The summed E-state index contributed by atoms with van der Waals surface area (Å²) in [5, 5.41) is 11.1. The molecule has 2 heterocycles. The van der Waals surface area contributed by atoms with Crippen molar-refractivity contribution in [2.24, 2.45) is 0 Å². The Morgan fingerprint density at radius 1 is 1.07 bits per heavy atom. The lowest BCUT2D eigenvalue weighted by Gasteiger charge is -2.38. The number of hydrogen-bond acceptors (Lipinski definition) is 7. The first-order valence-electron chi connectivity index (χ1n) is 10.6. The van der Waals surface area contributed by atoms with Crippen LogP contribution in [0.4, 0.5) is 0 Å². The zero-order valence-electron chi connectivity index (χ0n) is 18.4. The van der Waals surface area contributed by atoms with E-state index in [0.29, 0.717) is 37.8 Å². The maximum absolute atomic E-state index is 11.5. The van der Waals surface area contributed by atoms with E-state index < -0.39 is 5.60 Å². The molecule has 2 aliphatic heterocycles. The van der Waals surface area contributed by atoms with Crippen molar-refractivity contribution in [3.63, 3.8) is 0 Å². The van der Waals surface area contributed by atoms with E-state index in [1.54, 1.807) is 21.1 Å². The normalized spacial score (nSPS) is 23.0. The number of amides is 1. The number of likely N-dealkylation sites (tertiary alicyclic amines) is 1. The van der Waals surface area contributed by atoms with Crippen LogP contribution in [0.2, 0.25) is 0 Å². The fraction of sp³-hybridized carbons (Fsp3) is 0.682. The summed E-state index contributed by atoms with van der Waals surface area (Å²) in [6.45, 7) is 8.65. The van der Waals surface area contributed by atoms with Gasteiger partial charge in [-0.25, -0.2) is 0 Å². The molecule has 1 aromatic carbocycles. The lowest BCUT2D eigenvalue weighted by molar-refractivity contribution is -0.130. The summed E-state index contributed by atoms with van der Waals surface area (Å²) >= 11 is 0. The molecule has 8 heteroatoms. The monoisotopic (exact) mass is 421 g/mol. The number of carbonyl (C=O) groups is 1. The van der Waals surface area contributed by atoms with E-state index in [4.69, 9.17) is 14.2 Å². The van der Waals surface area contributed by atoms with Crippen LogP contribution in [0.15, 0.2) is 18.2 Å². The van der Waals surface area contributed by atoms with Gasteiger partial charge in [-0.3, -0.25) is 14.6 Å². The van der Waals surface area contributed by atoms with Crippen LogP contribution in [0.3, 0.4) is 0 Å². The molecule has 1 unspecified atom stereocenters. The topological polar surface area (TPSA) is 74.7 Å². The summed E-state index contributed by atoms with van der Waals surface area (Å²) in [5.74, 6) is 1.55. The third-order valence-corrected chi connectivity index (χ3v) is 5.93. The molecule has 0 bridgehead atoms. The van der Waals surface area contributed by atoms with E-state index >= 15 is 0 Å². The van der Waals surface area contributed by atoms with Gasteiger partial charge in [0.05, 0.1) is 19.3 Å². The van der Waals surface area contributed by atoms with E-state index in [9.17, 15) is 9.90 Å². The van der Waals surface area contributed by atoms with Crippen LogP contribution >= 0.6 is 0 Å². The summed E-state index contributed by atoms with van der Waals surface area (Å²) in [7, 11) is 3.28. The molecule has 2 fully saturated rings. The van der Waals surface area contributed by atoms with Crippen molar-refractivity contribution in [3.8, 4) is 11.5 Å². The Labute approximate surface area is 179 Å². The lowest BCUT2D eigenvalue weighted by Crippen LogP contribution is -2.53. The van der Waals surface area contributed by atoms with Crippen molar-refractivity contribution in [1.29, 1.82) is 0 Å². The fourth-order valence-corrected chi connectivity index (χ4v) is 4.27. The molecule has 168 valence electrons. The highest BCUT2D eigenvalue weighted by atomic mass is 16.5. The summed E-state index contributed by atoms with van der Waals surface area (Å²) < 4.78 is 16.2. The average molecular weight is 422 g/mol. The van der Waals surface area contributed by atoms with Crippen LogP contribution < -0.4 is 9.47 Å². The molecule has 8 nitrogen and oxygen atoms in total. The molecule has 2 aliphatic rings. The number of rotatable bonds is 9. The van der Waals surface area contributed by atoms with Gasteiger partial charge in [-0.15, -0.1) is 0 Å². The Bertz CT molecular complexity index is 708. The molecule has 0 radical (unpaired) electrons. The largest absolute Gasteiger partial charge is 0.493 e. The minimum atomic E-state index is -0.706. The molecular weight excluding hydrogens is 386 g/mol. The Morgan fingerprint density at radius 2 is 1.83 bits per heavy atom. The van der Waals surface area contributed by atoms with Crippen molar-refractivity contribution in [2.75, 3.05) is 73.2 Å². The third kappa shape index (κ3) is 6.07. The first-order chi connectivity index (χ1) is 14.4. The van der Waals surface area contributed by atoms with Crippen LogP contribution in [-0.4, -0.2) is 105 Å². The third-order valence-electron chi connectivity index (χ3n) is 5.93. The van der Waals surface area contributed by atoms with Crippen molar-refractivity contribution < 1.29 is 24.1 Å². The number of piperazine rings is 1. The SMILES string of the molecule is COCCOc1cc(CN2CCC(O)(CN3CCN(C(C)=O)CC3)C2)ccc1OC. The number of aliphatic hydroxyl groups is 1. The Balaban J connectivity index is 1.52. The van der Waals surface area contributed by atoms with E-state index in [1.165, 1.54) is 0 Å². The van der Waals surface area contributed by atoms with Crippen LogP contribution in [0.1, 0.15) is 18.9 Å². The first kappa shape index (κ1) is 22.8. The van der Waals surface area contributed by atoms with Crippen LogP contribution in [0.5, 0.6) is 11.5 Å². The molecule has 3 rings (SSSR count). The van der Waals surface area contributed by atoms with Crippen molar-refractivity contribution in [1.82, 2.24) is 14.7 Å². The van der Waals surface area contributed by atoms with Gasteiger partial charge in [0.2, 0.25) is 5.91 Å². The van der Waals surface area contributed by atoms with Gasteiger partial charge in [-0.2, -0.15) is 0 Å². The lowest BCUT2D eigenvalue weighted by atomic mass is 10.0. The Kier molecular flexibility index (Phi) is 7.93. The predicted octanol–water partition coefficient (Wildman–Crippen LogP) is 0.821. The molecule has 0 saturated carbocycles. The molecule has 1 N–H and O–H groups in total. The second-order valence-corrected chi connectivity index (χ2v) is 8.29. The molecule has 2 saturated heterocycles. The average Bonchev–Trinajstić information content (AvgIpc) is 3.09. The van der Waals surface area contributed by atoms with E-state index in [0.717, 1.165) is 51.3 Å². The highest BCUT2D eigenvalue weighted by molar-refractivity contribution is 5.73. The molecule has 1 amide bonds. The number of ether oxygens (including phenoxy) is 3. The second kappa shape index (κ2) is 10.4. The van der Waals surface area contributed by atoms with Crippen molar-refractivity contribution in [3.05, 3.63) is 23.8 Å². The molecule has 30 heavy (non-hydrogen) atoms. The number of carbonyl (C=O) groups excluding carboxylic acids is 1. The van der Waals surface area contributed by atoms with Gasteiger partial charge in [-0.05, 0) is 24.1 Å². The van der Waals surface area contributed by atoms with E-state index in [1.807, 2.05) is 23.1 Å². The van der Waals surface area contributed by atoms with Crippen LogP contribution in [0, 0.1) is 0 Å². The zero-order chi connectivity index (χ0) is 21.6. The number of nitrogens with zero attached hydrogens (tertiary/aromatic N) is 3. The van der Waals surface area contributed by atoms with Gasteiger partial charge in [0.1, 0.15) is 6.61 Å². The smallest absolute Gasteiger partial charge is 0.219 e. The highest BCUT2D eigenvalue weighted by Gasteiger charge is 2.38. The fourth-order valence-electron chi connectivity index (χ4n) is 4.27. The maximum Gasteiger partial charge on any atom is 0.219 e. The summed E-state index contributed by atoms with van der Waals surface area (Å²) in [4.78, 5) is 17.9. The molecular formula is C22H35N3O5. The quantitative estimate of drug-likeness (QED) is 0.592. The molecule has 0 aromatic heterocycles. The van der Waals surface area contributed by atoms with Crippen LogP contribution in [0.25, 0.3) is 0 Å². The van der Waals surface area contributed by atoms with E-state index in [2.05, 4.69) is 9.80 Å².